The maximum Gasteiger partial charge on any atom is 0.132 e. The third-order valence-corrected chi connectivity index (χ3v) is 3.73. The van der Waals surface area contributed by atoms with Crippen LogP contribution in [0.15, 0.2) is 18.2 Å². The lowest BCUT2D eigenvalue weighted by Gasteiger charge is -2.35. The Morgan fingerprint density at radius 2 is 2.17 bits per heavy atom. The lowest BCUT2D eigenvalue weighted by Crippen LogP contribution is -2.32. The van der Waals surface area contributed by atoms with Crippen molar-refractivity contribution in [2.75, 3.05) is 17.6 Å². The van der Waals surface area contributed by atoms with E-state index in [1.54, 1.807) is 0 Å². The molecule has 18 heavy (non-hydrogen) atoms. The molecule has 3 rings (SSSR count). The van der Waals surface area contributed by atoms with Gasteiger partial charge in [-0.2, -0.15) is 5.10 Å². The lowest BCUT2D eigenvalue weighted by atomic mass is 9.84. The second kappa shape index (κ2) is 3.64. The Morgan fingerprint density at radius 1 is 1.39 bits per heavy atom. The molecule has 1 atom stereocenters. The second-order valence-corrected chi connectivity index (χ2v) is 6.17. The van der Waals surface area contributed by atoms with Crippen LogP contribution >= 0.6 is 0 Å². The molecule has 4 heteroatoms. The molecule has 2 heterocycles. The predicted molar refractivity (Wildman–Crippen MR) is 75.7 cm³/mol. The molecular weight excluding hydrogens is 224 g/mol. The van der Waals surface area contributed by atoms with Crippen molar-refractivity contribution in [3.63, 3.8) is 0 Å². The minimum Gasteiger partial charge on any atom is -0.399 e. The van der Waals surface area contributed by atoms with E-state index in [2.05, 4.69) is 30.8 Å². The van der Waals surface area contributed by atoms with Gasteiger partial charge in [0.15, 0.2) is 0 Å². The van der Waals surface area contributed by atoms with Gasteiger partial charge in [-0.3, -0.25) is 0 Å². The van der Waals surface area contributed by atoms with Gasteiger partial charge in [0.25, 0.3) is 0 Å². The molecule has 0 spiro atoms. The smallest absolute Gasteiger partial charge is 0.132 e. The number of aromatic nitrogens is 2. The number of hydrogen-bond acceptors (Lipinski definition) is 3. The molecule has 0 amide bonds. The molecular formula is C14H20N4. The van der Waals surface area contributed by atoms with Crippen LogP contribution in [0.2, 0.25) is 0 Å². The topological polar surface area (TPSA) is 55.9 Å². The van der Waals surface area contributed by atoms with Crippen molar-refractivity contribution in [3.05, 3.63) is 18.2 Å². The molecule has 0 fully saturated rings. The highest BCUT2D eigenvalue weighted by atomic mass is 15.4. The molecule has 1 aromatic carbocycles. The molecule has 1 aromatic heterocycles. The molecule has 0 saturated heterocycles. The summed E-state index contributed by atoms with van der Waals surface area (Å²) >= 11 is 0. The lowest BCUT2D eigenvalue weighted by molar-refractivity contribution is 0.211. The predicted octanol–water partition coefficient (Wildman–Crippen LogP) is 3.02. The zero-order valence-electron chi connectivity index (χ0n) is 11.2. The van der Waals surface area contributed by atoms with Crippen LogP contribution < -0.4 is 11.1 Å². The first-order chi connectivity index (χ1) is 8.47. The van der Waals surface area contributed by atoms with Crippen molar-refractivity contribution in [1.82, 2.24) is 9.78 Å². The summed E-state index contributed by atoms with van der Waals surface area (Å²) in [5, 5.41) is 9.33. The number of hydrogen-bond donors (Lipinski definition) is 2. The maximum atomic E-state index is 5.87. The van der Waals surface area contributed by atoms with Gasteiger partial charge in [0.1, 0.15) is 5.82 Å². The molecule has 0 saturated carbocycles. The SMILES string of the molecule is CC(C)(C)C1CCNc2c3cc(N)ccc3nn21. The molecule has 4 nitrogen and oxygen atoms in total. The summed E-state index contributed by atoms with van der Waals surface area (Å²) in [5.74, 6) is 1.11. The summed E-state index contributed by atoms with van der Waals surface area (Å²) in [6, 6.07) is 6.35. The van der Waals surface area contributed by atoms with E-state index in [0.717, 1.165) is 35.4 Å². The highest BCUT2D eigenvalue weighted by molar-refractivity contribution is 5.92. The third kappa shape index (κ3) is 1.64. The Kier molecular flexibility index (Phi) is 2.30. The Balaban J connectivity index is 2.22. The van der Waals surface area contributed by atoms with Crippen LogP contribution in [0.5, 0.6) is 0 Å². The van der Waals surface area contributed by atoms with Gasteiger partial charge in [0.05, 0.1) is 11.6 Å². The van der Waals surface area contributed by atoms with Gasteiger partial charge < -0.3 is 11.1 Å². The quantitative estimate of drug-likeness (QED) is 0.700. The fourth-order valence-corrected chi connectivity index (χ4v) is 2.77. The van der Waals surface area contributed by atoms with Crippen LogP contribution in [-0.2, 0) is 0 Å². The minimum absolute atomic E-state index is 0.213. The van der Waals surface area contributed by atoms with Crippen LogP contribution in [0.3, 0.4) is 0 Å². The molecule has 0 bridgehead atoms. The Labute approximate surface area is 107 Å². The summed E-state index contributed by atoms with van der Waals surface area (Å²) in [4.78, 5) is 0. The first kappa shape index (κ1) is 11.4. The molecule has 3 N–H and O–H groups in total. The fraction of sp³-hybridized carbons (Fsp3) is 0.500. The number of nitrogens with one attached hydrogen (secondary N) is 1. The van der Waals surface area contributed by atoms with E-state index in [1.807, 2.05) is 18.2 Å². The summed E-state index contributed by atoms with van der Waals surface area (Å²) in [5.41, 5.74) is 7.89. The summed E-state index contributed by atoms with van der Waals surface area (Å²) in [6.07, 6.45) is 1.11. The van der Waals surface area contributed by atoms with Crippen LogP contribution in [0.1, 0.15) is 33.2 Å². The largest absolute Gasteiger partial charge is 0.399 e. The first-order valence-electron chi connectivity index (χ1n) is 6.48. The average Bonchev–Trinajstić information content (AvgIpc) is 2.65. The molecule has 0 aliphatic carbocycles. The zero-order chi connectivity index (χ0) is 12.9. The molecule has 1 aliphatic rings. The van der Waals surface area contributed by atoms with Gasteiger partial charge in [0.2, 0.25) is 0 Å². The van der Waals surface area contributed by atoms with E-state index < -0.39 is 0 Å². The van der Waals surface area contributed by atoms with Crippen LogP contribution in [0.25, 0.3) is 10.9 Å². The number of fused-ring (bicyclic) bond motifs is 3. The van der Waals surface area contributed by atoms with Gasteiger partial charge in [-0.25, -0.2) is 4.68 Å². The second-order valence-electron chi connectivity index (χ2n) is 6.17. The van der Waals surface area contributed by atoms with Crippen molar-refractivity contribution in [1.29, 1.82) is 0 Å². The van der Waals surface area contributed by atoms with Crippen molar-refractivity contribution >= 4 is 22.4 Å². The maximum absolute atomic E-state index is 5.87. The number of rotatable bonds is 0. The summed E-state index contributed by atoms with van der Waals surface area (Å²) in [7, 11) is 0. The van der Waals surface area contributed by atoms with Crippen LogP contribution in [-0.4, -0.2) is 16.3 Å². The van der Waals surface area contributed by atoms with Crippen molar-refractivity contribution in [2.45, 2.75) is 33.2 Å². The van der Waals surface area contributed by atoms with Crippen LogP contribution in [0, 0.1) is 5.41 Å². The average molecular weight is 244 g/mol. The number of nitrogen functional groups attached to an aromatic ring is 1. The van der Waals surface area contributed by atoms with E-state index in [-0.39, 0.29) is 5.41 Å². The van der Waals surface area contributed by atoms with E-state index >= 15 is 0 Å². The van der Waals surface area contributed by atoms with E-state index in [1.165, 1.54) is 0 Å². The highest BCUT2D eigenvalue weighted by Gasteiger charge is 2.32. The molecule has 0 radical (unpaired) electrons. The van der Waals surface area contributed by atoms with Crippen molar-refractivity contribution in [2.24, 2.45) is 5.41 Å². The summed E-state index contributed by atoms with van der Waals surface area (Å²) < 4.78 is 2.15. The normalized spacial score (nSPS) is 19.6. The Hall–Kier alpha value is -1.71. The number of nitrogens with two attached hydrogens (primary N) is 1. The van der Waals surface area contributed by atoms with Crippen molar-refractivity contribution < 1.29 is 0 Å². The summed E-state index contributed by atoms with van der Waals surface area (Å²) in [6.45, 7) is 7.81. The van der Waals surface area contributed by atoms with Crippen LogP contribution in [0.4, 0.5) is 11.5 Å². The zero-order valence-corrected chi connectivity index (χ0v) is 11.2. The van der Waals surface area contributed by atoms with E-state index in [0.29, 0.717) is 6.04 Å². The Bertz CT molecular complexity index is 592. The van der Waals surface area contributed by atoms with Gasteiger partial charge in [-0.1, -0.05) is 20.8 Å². The first-order valence-corrected chi connectivity index (χ1v) is 6.48. The number of benzene rings is 1. The molecule has 1 unspecified atom stereocenters. The standard InChI is InChI=1S/C14H20N4/c1-14(2,3)12-6-7-16-13-10-8-9(15)4-5-11(10)17-18(12)13/h4-5,8,12,16H,6-7,15H2,1-3H3. The molecule has 1 aliphatic heterocycles. The van der Waals surface area contributed by atoms with E-state index in [9.17, 15) is 0 Å². The number of anilines is 2. The van der Waals surface area contributed by atoms with Gasteiger partial charge >= 0.3 is 0 Å². The van der Waals surface area contributed by atoms with Gasteiger partial charge in [-0.15, -0.1) is 0 Å². The van der Waals surface area contributed by atoms with Gasteiger partial charge in [-0.05, 0) is 30.0 Å². The third-order valence-electron chi connectivity index (χ3n) is 3.73. The molecule has 96 valence electrons. The van der Waals surface area contributed by atoms with E-state index in [4.69, 9.17) is 10.8 Å². The number of nitrogens with zero attached hydrogens (tertiary/aromatic N) is 2. The molecule has 2 aromatic rings. The minimum atomic E-state index is 0.213. The monoisotopic (exact) mass is 244 g/mol. The van der Waals surface area contributed by atoms with Gasteiger partial charge in [0, 0.05) is 17.6 Å². The Morgan fingerprint density at radius 3 is 2.89 bits per heavy atom. The highest BCUT2D eigenvalue weighted by Crippen LogP contribution is 2.40. The van der Waals surface area contributed by atoms with Crippen molar-refractivity contribution in [3.8, 4) is 0 Å². The fourth-order valence-electron chi connectivity index (χ4n) is 2.77.